The van der Waals surface area contributed by atoms with Crippen LogP contribution in [0.15, 0.2) is 36.4 Å². The van der Waals surface area contributed by atoms with Gasteiger partial charge in [-0.1, -0.05) is 11.6 Å². The average Bonchev–Trinajstić information content (AvgIpc) is 2.81. The van der Waals surface area contributed by atoms with Crippen LogP contribution in [0.3, 0.4) is 0 Å². The topological polar surface area (TPSA) is 56.8 Å². The molecule has 1 N–H and O–H groups in total. The number of amides is 1. The Bertz CT molecular complexity index is 776. The predicted molar refractivity (Wildman–Crippen MR) is 97.2 cm³/mol. The van der Waals surface area contributed by atoms with E-state index in [4.69, 9.17) is 25.8 Å². The van der Waals surface area contributed by atoms with Gasteiger partial charge in [-0.2, -0.15) is 0 Å². The molecule has 0 aliphatic carbocycles. The fraction of sp³-hybridized carbons (Fsp3) is 0.316. The number of hydrogen-bond donors (Lipinski definition) is 1. The largest absolute Gasteiger partial charge is 0.490 e. The van der Waals surface area contributed by atoms with Crippen molar-refractivity contribution in [3.63, 3.8) is 0 Å². The molecule has 0 fully saturated rings. The number of hydrogen-bond acceptors (Lipinski definition) is 4. The van der Waals surface area contributed by atoms with Gasteiger partial charge in [0.15, 0.2) is 11.5 Å². The third-order valence-corrected chi connectivity index (χ3v) is 3.79. The summed E-state index contributed by atoms with van der Waals surface area (Å²) in [5.41, 5.74) is 0.998. The van der Waals surface area contributed by atoms with Crippen molar-refractivity contribution < 1.29 is 19.0 Å². The number of fused-ring (bicyclic) bond motifs is 1. The van der Waals surface area contributed by atoms with Crippen molar-refractivity contribution in [2.24, 2.45) is 0 Å². The molecule has 6 heteroatoms. The number of benzene rings is 2. The van der Waals surface area contributed by atoms with Crippen molar-refractivity contribution in [1.82, 2.24) is 0 Å². The molecule has 132 valence electrons. The van der Waals surface area contributed by atoms with Gasteiger partial charge in [0, 0.05) is 23.2 Å². The van der Waals surface area contributed by atoms with Gasteiger partial charge >= 0.3 is 0 Å². The van der Waals surface area contributed by atoms with Crippen LogP contribution in [0.1, 0.15) is 30.6 Å². The Morgan fingerprint density at radius 2 is 1.88 bits per heavy atom. The van der Waals surface area contributed by atoms with Gasteiger partial charge in [0.1, 0.15) is 5.75 Å². The number of carbonyl (C=O) groups excluding carboxylic acids is 1. The van der Waals surface area contributed by atoms with E-state index in [-0.39, 0.29) is 12.0 Å². The van der Waals surface area contributed by atoms with Crippen LogP contribution in [-0.4, -0.2) is 25.2 Å². The molecule has 1 aliphatic heterocycles. The molecule has 1 aliphatic rings. The minimum absolute atomic E-state index is 0.0502. The Balaban J connectivity index is 1.83. The van der Waals surface area contributed by atoms with Crippen LogP contribution in [0.5, 0.6) is 17.2 Å². The Labute approximate surface area is 151 Å². The first-order valence-electron chi connectivity index (χ1n) is 8.20. The summed E-state index contributed by atoms with van der Waals surface area (Å²) in [6.45, 7) is 5.02. The minimum atomic E-state index is -0.298. The van der Waals surface area contributed by atoms with E-state index in [1.165, 1.54) is 0 Å². The van der Waals surface area contributed by atoms with Crippen molar-refractivity contribution >= 4 is 23.2 Å². The summed E-state index contributed by atoms with van der Waals surface area (Å²) in [4.78, 5) is 12.7. The van der Waals surface area contributed by atoms with Gasteiger partial charge in [0.25, 0.3) is 5.91 Å². The highest BCUT2D eigenvalue weighted by Gasteiger charge is 2.16. The molecule has 0 saturated heterocycles. The average molecular weight is 362 g/mol. The van der Waals surface area contributed by atoms with E-state index in [1.807, 2.05) is 13.8 Å². The second-order valence-electron chi connectivity index (χ2n) is 5.97. The smallest absolute Gasteiger partial charge is 0.259 e. The lowest BCUT2D eigenvalue weighted by atomic mass is 10.1. The zero-order valence-electron chi connectivity index (χ0n) is 14.2. The molecular weight excluding hydrogens is 342 g/mol. The number of rotatable bonds is 4. The first-order valence-corrected chi connectivity index (χ1v) is 8.58. The van der Waals surface area contributed by atoms with E-state index < -0.39 is 0 Å². The first-order chi connectivity index (χ1) is 12.0. The summed E-state index contributed by atoms with van der Waals surface area (Å²) in [6, 6.07) is 10.3. The second kappa shape index (κ2) is 7.66. The molecule has 25 heavy (non-hydrogen) atoms. The van der Waals surface area contributed by atoms with E-state index >= 15 is 0 Å². The fourth-order valence-electron chi connectivity index (χ4n) is 2.48. The van der Waals surface area contributed by atoms with E-state index in [1.54, 1.807) is 36.4 Å². The van der Waals surface area contributed by atoms with Crippen molar-refractivity contribution in [3.8, 4) is 17.2 Å². The normalized spacial score (nSPS) is 13.3. The van der Waals surface area contributed by atoms with Crippen molar-refractivity contribution in [2.45, 2.75) is 26.4 Å². The fourth-order valence-corrected chi connectivity index (χ4v) is 2.65. The molecule has 2 aromatic carbocycles. The molecule has 0 unspecified atom stereocenters. The lowest BCUT2D eigenvalue weighted by Gasteiger charge is -2.15. The standard InChI is InChI=1S/C19H20ClNO4/c1-12(2)25-16-6-4-13(20)10-15(16)19(22)21-14-5-7-17-18(11-14)24-9-3-8-23-17/h4-7,10-12H,3,8-9H2,1-2H3,(H,21,22). The molecule has 0 saturated carbocycles. The third-order valence-electron chi connectivity index (χ3n) is 3.55. The number of anilines is 1. The van der Waals surface area contributed by atoms with E-state index in [0.717, 1.165) is 6.42 Å². The van der Waals surface area contributed by atoms with Gasteiger partial charge in [0.05, 0.1) is 24.9 Å². The Morgan fingerprint density at radius 1 is 1.12 bits per heavy atom. The summed E-state index contributed by atoms with van der Waals surface area (Å²) in [7, 11) is 0. The Hall–Kier alpha value is -2.40. The van der Waals surface area contributed by atoms with Crippen LogP contribution < -0.4 is 19.5 Å². The van der Waals surface area contributed by atoms with Crippen LogP contribution in [0.25, 0.3) is 0 Å². The molecule has 5 nitrogen and oxygen atoms in total. The maximum Gasteiger partial charge on any atom is 0.259 e. The summed E-state index contributed by atoms with van der Waals surface area (Å²) in [5.74, 6) is 1.50. The van der Waals surface area contributed by atoms with Gasteiger partial charge in [-0.3, -0.25) is 4.79 Å². The first kappa shape index (κ1) is 17.4. The number of carbonyl (C=O) groups is 1. The Kier molecular flexibility index (Phi) is 5.34. The van der Waals surface area contributed by atoms with E-state index in [2.05, 4.69) is 5.32 Å². The maximum absolute atomic E-state index is 12.7. The highest BCUT2D eigenvalue weighted by Crippen LogP contribution is 2.33. The molecule has 1 amide bonds. The Morgan fingerprint density at radius 3 is 2.64 bits per heavy atom. The SMILES string of the molecule is CC(C)Oc1ccc(Cl)cc1C(=O)Nc1ccc2c(c1)OCCCO2. The van der Waals surface area contributed by atoms with Gasteiger partial charge in [0.2, 0.25) is 0 Å². The lowest BCUT2D eigenvalue weighted by Crippen LogP contribution is -2.16. The van der Waals surface area contributed by atoms with E-state index in [0.29, 0.717) is 46.7 Å². The molecule has 0 spiro atoms. The molecule has 1 heterocycles. The van der Waals surface area contributed by atoms with Crippen molar-refractivity contribution in [2.75, 3.05) is 18.5 Å². The van der Waals surface area contributed by atoms with Gasteiger partial charge in [-0.15, -0.1) is 0 Å². The molecule has 0 atom stereocenters. The lowest BCUT2D eigenvalue weighted by molar-refractivity contribution is 0.102. The summed E-state index contributed by atoms with van der Waals surface area (Å²) < 4.78 is 16.9. The van der Waals surface area contributed by atoms with Crippen molar-refractivity contribution in [1.29, 1.82) is 0 Å². The minimum Gasteiger partial charge on any atom is -0.490 e. The van der Waals surface area contributed by atoms with Crippen LogP contribution in [0, 0.1) is 0 Å². The van der Waals surface area contributed by atoms with Crippen LogP contribution in [0.2, 0.25) is 5.02 Å². The molecule has 2 aromatic rings. The zero-order chi connectivity index (χ0) is 17.8. The second-order valence-corrected chi connectivity index (χ2v) is 6.41. The monoisotopic (exact) mass is 361 g/mol. The summed E-state index contributed by atoms with van der Waals surface area (Å²) >= 11 is 6.04. The zero-order valence-corrected chi connectivity index (χ0v) is 14.9. The quantitative estimate of drug-likeness (QED) is 0.868. The summed E-state index contributed by atoms with van der Waals surface area (Å²) in [6.07, 6.45) is 0.778. The van der Waals surface area contributed by atoms with Gasteiger partial charge < -0.3 is 19.5 Å². The molecule has 3 rings (SSSR count). The number of ether oxygens (including phenoxy) is 3. The predicted octanol–water partition coefficient (Wildman–Crippen LogP) is 4.54. The highest BCUT2D eigenvalue weighted by molar-refractivity contribution is 6.31. The molecule has 0 aromatic heterocycles. The maximum atomic E-state index is 12.7. The van der Waals surface area contributed by atoms with Crippen LogP contribution >= 0.6 is 11.6 Å². The van der Waals surface area contributed by atoms with Crippen LogP contribution in [-0.2, 0) is 0 Å². The van der Waals surface area contributed by atoms with Gasteiger partial charge in [-0.25, -0.2) is 0 Å². The molecule has 0 radical (unpaired) electrons. The van der Waals surface area contributed by atoms with E-state index in [9.17, 15) is 4.79 Å². The highest BCUT2D eigenvalue weighted by atomic mass is 35.5. The number of nitrogens with one attached hydrogen (secondary N) is 1. The molecule has 0 bridgehead atoms. The molecular formula is C19H20ClNO4. The number of halogens is 1. The van der Waals surface area contributed by atoms with Crippen LogP contribution in [0.4, 0.5) is 5.69 Å². The summed E-state index contributed by atoms with van der Waals surface area (Å²) in [5, 5.41) is 3.33. The van der Waals surface area contributed by atoms with Crippen molar-refractivity contribution in [3.05, 3.63) is 47.0 Å². The van der Waals surface area contributed by atoms with Gasteiger partial charge in [-0.05, 0) is 44.2 Å². The third kappa shape index (κ3) is 4.37.